The van der Waals surface area contributed by atoms with E-state index in [1.807, 2.05) is 0 Å². The third kappa shape index (κ3) is 3.87. The number of carbonyl (C=O) groups excluding carboxylic acids is 1. The van der Waals surface area contributed by atoms with Crippen LogP contribution in [0.25, 0.3) is 0 Å². The molecule has 1 N–H and O–H groups in total. The molecule has 0 aromatic heterocycles. The van der Waals surface area contributed by atoms with Gasteiger partial charge >= 0.3 is 5.97 Å². The molecule has 4 atom stereocenters. The molecule has 2 aliphatic carbocycles. The number of rotatable bonds is 6. The Balaban J connectivity index is 2.14. The Labute approximate surface area is 147 Å². The molecular weight excluding hydrogens is 300 g/mol. The third-order valence-corrected chi connectivity index (χ3v) is 7.01. The number of esters is 1. The number of aliphatic hydroxyl groups is 1. The van der Waals surface area contributed by atoms with Crippen LogP contribution in [0.2, 0.25) is 0 Å². The minimum absolute atomic E-state index is 0.119. The topological polar surface area (TPSA) is 46.5 Å². The largest absolute Gasteiger partial charge is 0.469 e. The first kappa shape index (κ1) is 19.5. The molecule has 2 aliphatic rings. The van der Waals surface area contributed by atoms with Crippen LogP contribution < -0.4 is 0 Å². The predicted octanol–water partition coefficient (Wildman–Crippen LogP) is 4.74. The van der Waals surface area contributed by atoms with Crippen LogP contribution in [0.5, 0.6) is 0 Å². The minimum atomic E-state index is -0.119. The summed E-state index contributed by atoms with van der Waals surface area (Å²) < 4.78 is 4.80. The first-order chi connectivity index (χ1) is 11.2. The zero-order valence-electron chi connectivity index (χ0n) is 16.2. The number of methoxy groups -OCH3 is 1. The molecule has 3 nitrogen and oxygen atoms in total. The molecule has 1 saturated carbocycles. The Morgan fingerprint density at radius 1 is 1.38 bits per heavy atom. The molecule has 0 aromatic carbocycles. The van der Waals surface area contributed by atoms with E-state index < -0.39 is 0 Å². The normalized spacial score (nSPS) is 33.3. The predicted molar refractivity (Wildman–Crippen MR) is 97.5 cm³/mol. The summed E-state index contributed by atoms with van der Waals surface area (Å²) in [6.45, 7) is 9.61. The Hall–Kier alpha value is -0.830. The van der Waals surface area contributed by atoms with Crippen LogP contribution in [0, 0.1) is 28.6 Å². The van der Waals surface area contributed by atoms with Gasteiger partial charge < -0.3 is 9.84 Å². The molecular formula is C21H36O3. The smallest absolute Gasteiger partial charge is 0.305 e. The van der Waals surface area contributed by atoms with Crippen molar-refractivity contribution in [2.75, 3.05) is 13.7 Å². The van der Waals surface area contributed by atoms with Crippen molar-refractivity contribution in [1.29, 1.82) is 0 Å². The van der Waals surface area contributed by atoms with E-state index in [0.29, 0.717) is 29.6 Å². The minimum Gasteiger partial charge on any atom is -0.469 e. The monoisotopic (exact) mass is 336 g/mol. The Kier molecular flexibility index (Phi) is 6.17. The van der Waals surface area contributed by atoms with Crippen molar-refractivity contribution in [3.63, 3.8) is 0 Å². The van der Waals surface area contributed by atoms with E-state index in [1.165, 1.54) is 31.9 Å². The van der Waals surface area contributed by atoms with Crippen LogP contribution in [0.1, 0.15) is 72.6 Å². The summed E-state index contributed by atoms with van der Waals surface area (Å²) in [6, 6.07) is 0. The van der Waals surface area contributed by atoms with Gasteiger partial charge in [-0.15, -0.1) is 0 Å². The Bertz CT molecular complexity index is 479. The van der Waals surface area contributed by atoms with E-state index in [4.69, 9.17) is 4.74 Å². The Morgan fingerprint density at radius 2 is 2.08 bits per heavy atom. The Morgan fingerprint density at radius 3 is 2.71 bits per heavy atom. The van der Waals surface area contributed by atoms with Crippen LogP contribution in [0.4, 0.5) is 0 Å². The van der Waals surface area contributed by atoms with Crippen molar-refractivity contribution in [3.05, 3.63) is 11.6 Å². The van der Waals surface area contributed by atoms with Crippen molar-refractivity contribution in [2.45, 2.75) is 72.6 Å². The second-order valence-corrected chi connectivity index (χ2v) is 9.09. The van der Waals surface area contributed by atoms with E-state index in [9.17, 15) is 9.90 Å². The maximum absolute atomic E-state index is 11.5. The van der Waals surface area contributed by atoms with Gasteiger partial charge in [0.25, 0.3) is 0 Å². The molecule has 1 fully saturated rings. The average Bonchev–Trinajstić information content (AvgIpc) is 2.51. The number of allylic oxidation sites excluding steroid dienone is 1. The average molecular weight is 337 g/mol. The molecule has 0 spiro atoms. The van der Waals surface area contributed by atoms with Crippen LogP contribution in [-0.4, -0.2) is 24.8 Å². The fourth-order valence-electron chi connectivity index (χ4n) is 5.62. The molecule has 0 heterocycles. The zero-order chi connectivity index (χ0) is 18.0. The SMILES string of the molecule is COC(=O)C[C@H](C)CC[C@H]1C(CO)=CC[C@H]2C(C)(C)CCC[C@]12C. The first-order valence-corrected chi connectivity index (χ1v) is 9.61. The number of hydrogen-bond acceptors (Lipinski definition) is 3. The lowest BCUT2D eigenvalue weighted by Crippen LogP contribution is -2.49. The summed E-state index contributed by atoms with van der Waals surface area (Å²) in [6.07, 6.45) is 9.84. The van der Waals surface area contributed by atoms with Crippen molar-refractivity contribution < 1.29 is 14.6 Å². The van der Waals surface area contributed by atoms with Gasteiger partial charge in [-0.25, -0.2) is 0 Å². The fraction of sp³-hybridized carbons (Fsp3) is 0.857. The summed E-state index contributed by atoms with van der Waals surface area (Å²) in [5.74, 6) is 1.35. The molecule has 0 aliphatic heterocycles. The molecule has 0 aromatic rings. The van der Waals surface area contributed by atoms with Crippen molar-refractivity contribution in [3.8, 4) is 0 Å². The molecule has 0 amide bonds. The third-order valence-electron chi connectivity index (χ3n) is 7.01. The number of ether oxygens (including phenoxy) is 1. The number of fused-ring (bicyclic) bond motifs is 1. The van der Waals surface area contributed by atoms with E-state index in [1.54, 1.807) is 0 Å². The van der Waals surface area contributed by atoms with E-state index in [0.717, 1.165) is 19.3 Å². The zero-order valence-corrected chi connectivity index (χ0v) is 16.2. The molecule has 0 bridgehead atoms. The molecule has 0 saturated heterocycles. The van der Waals surface area contributed by atoms with Crippen LogP contribution in [0.3, 0.4) is 0 Å². The van der Waals surface area contributed by atoms with Gasteiger partial charge in [0.2, 0.25) is 0 Å². The molecule has 2 rings (SSSR count). The van der Waals surface area contributed by atoms with E-state index >= 15 is 0 Å². The fourth-order valence-corrected chi connectivity index (χ4v) is 5.62. The molecule has 3 heteroatoms. The van der Waals surface area contributed by atoms with Crippen molar-refractivity contribution in [1.82, 2.24) is 0 Å². The van der Waals surface area contributed by atoms with Crippen LogP contribution >= 0.6 is 0 Å². The lowest BCUT2D eigenvalue weighted by molar-refractivity contribution is -0.141. The van der Waals surface area contributed by atoms with Crippen LogP contribution in [-0.2, 0) is 9.53 Å². The summed E-state index contributed by atoms with van der Waals surface area (Å²) in [7, 11) is 1.46. The maximum Gasteiger partial charge on any atom is 0.305 e. The quantitative estimate of drug-likeness (QED) is 0.563. The van der Waals surface area contributed by atoms with Gasteiger partial charge in [0.05, 0.1) is 13.7 Å². The highest BCUT2D eigenvalue weighted by Crippen LogP contribution is 2.60. The highest BCUT2D eigenvalue weighted by Gasteiger charge is 2.52. The van der Waals surface area contributed by atoms with Gasteiger partial charge in [-0.1, -0.05) is 40.2 Å². The second kappa shape index (κ2) is 7.59. The van der Waals surface area contributed by atoms with E-state index in [2.05, 4.69) is 33.8 Å². The molecule has 0 radical (unpaired) electrons. The summed E-state index contributed by atoms with van der Waals surface area (Å²) in [5, 5.41) is 9.90. The number of aliphatic hydroxyl groups excluding tert-OH is 1. The van der Waals surface area contributed by atoms with Crippen molar-refractivity contribution >= 4 is 5.97 Å². The van der Waals surface area contributed by atoms with Gasteiger partial charge in [-0.05, 0) is 66.3 Å². The van der Waals surface area contributed by atoms with Gasteiger partial charge in [0.1, 0.15) is 0 Å². The lowest BCUT2D eigenvalue weighted by Gasteiger charge is -2.57. The van der Waals surface area contributed by atoms with Gasteiger partial charge in [0, 0.05) is 6.42 Å². The van der Waals surface area contributed by atoms with Crippen LogP contribution in [0.15, 0.2) is 11.6 Å². The van der Waals surface area contributed by atoms with Gasteiger partial charge in [-0.2, -0.15) is 0 Å². The molecule has 0 unspecified atom stereocenters. The van der Waals surface area contributed by atoms with Gasteiger partial charge in [-0.3, -0.25) is 4.79 Å². The van der Waals surface area contributed by atoms with Crippen molar-refractivity contribution in [2.24, 2.45) is 28.6 Å². The van der Waals surface area contributed by atoms with Gasteiger partial charge in [0.15, 0.2) is 0 Å². The summed E-state index contributed by atoms with van der Waals surface area (Å²) in [5.41, 5.74) is 1.89. The summed E-state index contributed by atoms with van der Waals surface area (Å²) in [4.78, 5) is 11.5. The second-order valence-electron chi connectivity index (χ2n) is 9.09. The highest BCUT2D eigenvalue weighted by molar-refractivity contribution is 5.69. The van der Waals surface area contributed by atoms with E-state index in [-0.39, 0.29) is 18.0 Å². The maximum atomic E-state index is 11.5. The summed E-state index contributed by atoms with van der Waals surface area (Å²) >= 11 is 0. The first-order valence-electron chi connectivity index (χ1n) is 9.61. The number of hydrogen-bond donors (Lipinski definition) is 1. The highest BCUT2D eigenvalue weighted by atomic mass is 16.5. The molecule has 24 heavy (non-hydrogen) atoms. The standard InChI is InChI=1S/C21H36O3/c1-15(13-19(23)24-5)7-9-17-16(14-22)8-10-18-20(2,3)11-6-12-21(17,18)4/h8,15,17-18,22H,6-7,9-14H2,1-5H3/t15-,17+,18+,21-/m1/s1. The number of carbonyl (C=O) groups is 1. The lowest BCUT2D eigenvalue weighted by atomic mass is 9.48. The molecule has 138 valence electrons.